The maximum absolute atomic E-state index is 13.0. The smallest absolute Gasteiger partial charge is 0.748 e. The Kier molecular flexibility index (Phi) is 12.8. The van der Waals surface area contributed by atoms with Gasteiger partial charge in [0.25, 0.3) is 11.8 Å². The molecular formula is C26H32N3NaO6S2. The minimum absolute atomic E-state index is 0. The molecule has 2 heterocycles. The predicted octanol–water partition coefficient (Wildman–Crippen LogP) is 1.25. The molecule has 2 aliphatic rings. The normalized spacial score (nSPS) is 17.0. The van der Waals surface area contributed by atoms with Crippen LogP contribution in [0.2, 0.25) is 0 Å². The molecule has 0 N–H and O–H groups in total. The minimum atomic E-state index is -4.30. The maximum atomic E-state index is 13.0. The van der Waals surface area contributed by atoms with Gasteiger partial charge in [0.15, 0.2) is 0 Å². The third-order valence-corrected chi connectivity index (χ3v) is 7.83. The van der Waals surface area contributed by atoms with E-state index in [1.807, 2.05) is 43.0 Å². The number of thioether (sulfide) groups is 1. The number of para-hydroxylation sites is 1. The third-order valence-electron chi connectivity index (χ3n) is 5.91. The van der Waals surface area contributed by atoms with Crippen LogP contribution in [0.15, 0.2) is 64.1 Å². The third kappa shape index (κ3) is 8.30. The van der Waals surface area contributed by atoms with Crippen LogP contribution in [0.25, 0.3) is 0 Å². The first-order valence-electron chi connectivity index (χ1n) is 12.4. The molecule has 1 saturated heterocycles. The number of carbonyl (C=O) groups excluding carboxylic acids is 3. The molecule has 200 valence electrons. The summed E-state index contributed by atoms with van der Waals surface area (Å²) in [6.07, 6.45) is 9.65. The molecule has 0 saturated carbocycles. The van der Waals surface area contributed by atoms with Gasteiger partial charge in [0, 0.05) is 30.3 Å². The van der Waals surface area contributed by atoms with Crippen molar-refractivity contribution in [2.75, 3.05) is 30.3 Å². The Balaban J connectivity index is 0.00000507. The SMILES string of the molecule is CCCCN1C(=O)C(=C/C=C/C=C2\Sc3ccccc3N2CCCS(=O)(=O)[O-])C(=O)N(CCCC)C1=O.[Na+]. The largest absolute Gasteiger partial charge is 1.00 e. The molecule has 3 rings (SSSR count). The summed E-state index contributed by atoms with van der Waals surface area (Å²) in [4.78, 5) is 44.0. The predicted molar refractivity (Wildman–Crippen MR) is 143 cm³/mol. The van der Waals surface area contributed by atoms with Gasteiger partial charge >= 0.3 is 35.6 Å². The second-order valence-electron chi connectivity index (χ2n) is 8.71. The number of hydrogen-bond donors (Lipinski definition) is 0. The Bertz CT molecular complexity index is 1200. The average molecular weight is 570 g/mol. The van der Waals surface area contributed by atoms with E-state index in [1.54, 1.807) is 18.2 Å². The van der Waals surface area contributed by atoms with Crippen LogP contribution in [0.3, 0.4) is 0 Å². The van der Waals surface area contributed by atoms with Crippen LogP contribution in [0.5, 0.6) is 0 Å². The van der Waals surface area contributed by atoms with Crippen LogP contribution in [0.4, 0.5) is 10.5 Å². The van der Waals surface area contributed by atoms with Crippen molar-refractivity contribution in [3.63, 3.8) is 0 Å². The number of allylic oxidation sites excluding steroid dienone is 4. The van der Waals surface area contributed by atoms with Gasteiger partial charge in [0.1, 0.15) is 5.57 Å². The fourth-order valence-corrected chi connectivity index (χ4v) is 5.55. The molecule has 1 fully saturated rings. The van der Waals surface area contributed by atoms with E-state index >= 15 is 0 Å². The molecular weight excluding hydrogens is 537 g/mol. The van der Waals surface area contributed by atoms with Crippen molar-refractivity contribution in [1.29, 1.82) is 0 Å². The van der Waals surface area contributed by atoms with Gasteiger partial charge in [-0.25, -0.2) is 13.2 Å². The number of benzene rings is 1. The summed E-state index contributed by atoms with van der Waals surface area (Å²) in [5.74, 6) is -1.62. The average Bonchev–Trinajstić information content (AvgIpc) is 3.20. The number of barbiturate groups is 1. The van der Waals surface area contributed by atoms with Gasteiger partial charge in [-0.3, -0.25) is 19.4 Å². The number of amides is 4. The summed E-state index contributed by atoms with van der Waals surface area (Å²) < 4.78 is 33.1. The van der Waals surface area contributed by atoms with Crippen LogP contribution in [0, 0.1) is 0 Å². The molecule has 12 heteroatoms. The Morgan fingerprint density at radius 3 is 1.97 bits per heavy atom. The number of unbranched alkanes of at least 4 members (excludes halogenated alkanes) is 2. The van der Waals surface area contributed by atoms with E-state index in [0.717, 1.165) is 38.3 Å². The van der Waals surface area contributed by atoms with Gasteiger partial charge in [-0.05, 0) is 43.5 Å². The van der Waals surface area contributed by atoms with Crippen molar-refractivity contribution in [2.45, 2.75) is 50.8 Å². The number of imide groups is 2. The summed E-state index contributed by atoms with van der Waals surface area (Å²) in [6, 6.07) is 7.11. The van der Waals surface area contributed by atoms with Crippen LogP contribution in [0.1, 0.15) is 46.0 Å². The van der Waals surface area contributed by atoms with Crippen molar-refractivity contribution in [2.24, 2.45) is 0 Å². The molecule has 9 nitrogen and oxygen atoms in total. The topological polar surface area (TPSA) is 118 Å². The summed E-state index contributed by atoms with van der Waals surface area (Å²) in [5, 5.41) is 0.824. The van der Waals surface area contributed by atoms with Gasteiger partial charge in [0.05, 0.1) is 20.8 Å². The summed E-state index contributed by atoms with van der Waals surface area (Å²) >= 11 is 1.50. The standard InChI is InChI=1S/C26H33N3O6S2.Na/c1-3-5-16-28-24(30)20(25(31)29(26(28)32)17-6-4-2)12-7-10-15-23-27(18-11-19-37(33,34)35)21-13-8-9-14-22(21)36-23;/h7-10,12-15H,3-6,11,16-19H2,1-2H3,(H,33,34,35);/q;+1/p-1/b10-7+,23-15-;. The monoisotopic (exact) mass is 569 g/mol. The molecule has 0 unspecified atom stereocenters. The quantitative estimate of drug-likeness (QED) is 0.160. The number of nitrogens with zero attached hydrogens (tertiary/aromatic N) is 3. The van der Waals surface area contributed by atoms with Gasteiger partial charge in [-0.15, -0.1) is 0 Å². The number of fused-ring (bicyclic) bond motifs is 1. The van der Waals surface area contributed by atoms with Crippen LogP contribution in [-0.2, 0) is 19.7 Å². The minimum Gasteiger partial charge on any atom is -0.748 e. The van der Waals surface area contributed by atoms with E-state index in [0.29, 0.717) is 19.4 Å². The first kappa shape index (κ1) is 32.3. The number of anilines is 1. The Labute approximate surface area is 251 Å². The van der Waals surface area contributed by atoms with Crippen LogP contribution in [-0.4, -0.2) is 66.0 Å². The second kappa shape index (κ2) is 15.0. The van der Waals surface area contributed by atoms with Crippen molar-refractivity contribution >= 4 is 45.4 Å². The second-order valence-corrected chi connectivity index (χ2v) is 11.3. The number of carbonyl (C=O) groups is 3. The molecule has 0 bridgehead atoms. The molecule has 38 heavy (non-hydrogen) atoms. The number of rotatable bonds is 12. The fourth-order valence-electron chi connectivity index (χ4n) is 3.97. The number of urea groups is 1. The van der Waals surface area contributed by atoms with Crippen LogP contribution < -0.4 is 34.5 Å². The summed E-state index contributed by atoms with van der Waals surface area (Å²) in [5.41, 5.74) is 0.865. The molecule has 1 aromatic carbocycles. The molecule has 2 aliphatic heterocycles. The van der Waals surface area contributed by atoms with Crippen LogP contribution >= 0.6 is 11.8 Å². The Morgan fingerprint density at radius 2 is 1.39 bits per heavy atom. The van der Waals surface area contributed by atoms with Crippen molar-refractivity contribution in [1.82, 2.24) is 9.80 Å². The van der Waals surface area contributed by atoms with Crippen molar-refractivity contribution in [3.05, 3.63) is 59.2 Å². The molecule has 0 atom stereocenters. The molecule has 1 aromatic rings. The van der Waals surface area contributed by atoms with E-state index in [1.165, 1.54) is 17.8 Å². The zero-order chi connectivity index (χ0) is 27.0. The van der Waals surface area contributed by atoms with Gasteiger partial charge in [-0.2, -0.15) is 0 Å². The van der Waals surface area contributed by atoms with E-state index in [2.05, 4.69) is 0 Å². The van der Waals surface area contributed by atoms with Gasteiger partial charge in [0.2, 0.25) is 0 Å². The Morgan fingerprint density at radius 1 is 0.842 bits per heavy atom. The summed E-state index contributed by atoms with van der Waals surface area (Å²) in [6.45, 7) is 4.81. The zero-order valence-electron chi connectivity index (χ0n) is 22.1. The number of hydrogen-bond acceptors (Lipinski definition) is 8. The van der Waals surface area contributed by atoms with E-state index in [-0.39, 0.29) is 54.6 Å². The van der Waals surface area contributed by atoms with E-state index in [9.17, 15) is 27.4 Å². The Hall–Kier alpha value is -1.89. The van der Waals surface area contributed by atoms with Crippen molar-refractivity contribution in [3.8, 4) is 0 Å². The molecule has 0 spiro atoms. The van der Waals surface area contributed by atoms with Gasteiger partial charge in [-0.1, -0.05) is 62.7 Å². The fraction of sp³-hybridized carbons (Fsp3) is 0.423. The van der Waals surface area contributed by atoms with E-state index in [4.69, 9.17) is 0 Å². The molecule has 0 radical (unpaired) electrons. The molecule has 0 aliphatic carbocycles. The maximum Gasteiger partial charge on any atom is 1.00 e. The first-order chi connectivity index (χ1) is 17.7. The van der Waals surface area contributed by atoms with E-state index < -0.39 is 33.7 Å². The van der Waals surface area contributed by atoms with Gasteiger partial charge < -0.3 is 9.45 Å². The zero-order valence-corrected chi connectivity index (χ0v) is 25.7. The molecule has 0 aromatic heterocycles. The van der Waals surface area contributed by atoms with Crippen molar-refractivity contribution < 1.29 is 56.9 Å². The first-order valence-corrected chi connectivity index (χ1v) is 14.8. The molecule has 4 amide bonds. The summed E-state index contributed by atoms with van der Waals surface area (Å²) in [7, 11) is -4.30.